The minimum absolute atomic E-state index is 0.00365. The van der Waals surface area contributed by atoms with Crippen molar-refractivity contribution in [1.82, 2.24) is 4.98 Å². The molecule has 0 fully saturated rings. The highest BCUT2D eigenvalue weighted by molar-refractivity contribution is 6.35. The fourth-order valence-corrected chi connectivity index (χ4v) is 1.24. The number of hydrogen-bond acceptors (Lipinski definition) is 2. The zero-order valence-electron chi connectivity index (χ0n) is 6.67. The summed E-state index contributed by atoms with van der Waals surface area (Å²) in [5.41, 5.74) is 11.0. The highest BCUT2D eigenvalue weighted by Gasteiger charge is 2.04. The predicted molar refractivity (Wildman–Crippen MR) is 53.8 cm³/mol. The Labute approximate surface area is 85.6 Å². The van der Waals surface area contributed by atoms with Crippen LogP contribution in [0.4, 0.5) is 0 Å². The van der Waals surface area contributed by atoms with Crippen LogP contribution in [0.15, 0.2) is 17.4 Å². The molecule has 6 heteroatoms. The fourth-order valence-electron chi connectivity index (χ4n) is 0.759. The van der Waals surface area contributed by atoms with E-state index in [2.05, 4.69) is 9.98 Å². The standard InChI is InChI=1S/C7H8Cl2N4/c8-5-2-12-3-6(9)4(5)1-13-7(10)11/h2-3H,1H2,(H4,10,11,13). The Bertz CT molecular complexity index is 313. The van der Waals surface area contributed by atoms with Gasteiger partial charge in [0, 0.05) is 18.0 Å². The first-order valence-electron chi connectivity index (χ1n) is 3.44. The molecular weight excluding hydrogens is 211 g/mol. The van der Waals surface area contributed by atoms with Crippen molar-refractivity contribution in [3.05, 3.63) is 28.0 Å². The molecule has 1 aromatic rings. The van der Waals surface area contributed by atoms with Gasteiger partial charge in [0.2, 0.25) is 0 Å². The molecule has 0 atom stereocenters. The number of aliphatic imine (C=N–C) groups is 1. The lowest BCUT2D eigenvalue weighted by Gasteiger charge is -2.02. The Balaban J connectivity index is 2.94. The minimum Gasteiger partial charge on any atom is -0.370 e. The summed E-state index contributed by atoms with van der Waals surface area (Å²) in [4.78, 5) is 7.59. The summed E-state index contributed by atoms with van der Waals surface area (Å²) in [5.74, 6) is 0.00365. The van der Waals surface area contributed by atoms with Crippen LogP contribution in [0.5, 0.6) is 0 Å². The van der Waals surface area contributed by atoms with E-state index in [9.17, 15) is 0 Å². The molecule has 0 aliphatic heterocycles. The average molecular weight is 219 g/mol. The molecule has 4 N–H and O–H groups in total. The van der Waals surface area contributed by atoms with Gasteiger partial charge in [0.05, 0.1) is 16.6 Å². The number of halogens is 2. The smallest absolute Gasteiger partial charge is 0.186 e. The monoisotopic (exact) mass is 218 g/mol. The first-order valence-corrected chi connectivity index (χ1v) is 4.20. The van der Waals surface area contributed by atoms with Crippen molar-refractivity contribution in [3.8, 4) is 0 Å². The van der Waals surface area contributed by atoms with Crippen molar-refractivity contribution in [2.75, 3.05) is 0 Å². The number of hydrogen-bond donors (Lipinski definition) is 2. The largest absolute Gasteiger partial charge is 0.370 e. The van der Waals surface area contributed by atoms with E-state index in [1.54, 1.807) is 0 Å². The molecule has 0 saturated carbocycles. The zero-order valence-corrected chi connectivity index (χ0v) is 8.18. The van der Waals surface area contributed by atoms with Crippen LogP contribution >= 0.6 is 23.2 Å². The number of guanidine groups is 1. The van der Waals surface area contributed by atoms with E-state index in [4.69, 9.17) is 34.7 Å². The number of nitrogens with zero attached hydrogens (tertiary/aromatic N) is 2. The second-order valence-corrected chi connectivity index (χ2v) is 3.14. The first kappa shape index (κ1) is 10.1. The maximum Gasteiger partial charge on any atom is 0.186 e. The predicted octanol–water partition coefficient (Wildman–Crippen LogP) is 1.16. The van der Waals surface area contributed by atoms with Gasteiger partial charge in [-0.2, -0.15) is 0 Å². The van der Waals surface area contributed by atoms with E-state index in [-0.39, 0.29) is 12.5 Å². The average Bonchev–Trinajstić information content (AvgIpc) is 2.03. The summed E-state index contributed by atoms with van der Waals surface area (Å²) in [5, 5.41) is 0.912. The first-order chi connectivity index (χ1) is 6.11. The second-order valence-electron chi connectivity index (χ2n) is 2.32. The molecule has 1 rings (SSSR count). The van der Waals surface area contributed by atoms with E-state index in [1.165, 1.54) is 12.4 Å². The maximum atomic E-state index is 5.82. The normalized spacial score (nSPS) is 9.69. The number of nitrogens with two attached hydrogens (primary N) is 2. The molecule has 0 aromatic carbocycles. The lowest BCUT2D eigenvalue weighted by Crippen LogP contribution is -2.22. The van der Waals surface area contributed by atoms with Crippen molar-refractivity contribution >= 4 is 29.2 Å². The number of pyridine rings is 1. The van der Waals surface area contributed by atoms with Crippen molar-refractivity contribution in [3.63, 3.8) is 0 Å². The third-order valence-corrected chi connectivity index (χ3v) is 2.02. The van der Waals surface area contributed by atoms with Crippen LogP contribution in [0.3, 0.4) is 0 Å². The molecule has 1 heterocycles. The maximum absolute atomic E-state index is 5.82. The number of aromatic nitrogens is 1. The van der Waals surface area contributed by atoms with Crippen molar-refractivity contribution in [1.29, 1.82) is 0 Å². The van der Waals surface area contributed by atoms with Crippen LogP contribution in [-0.4, -0.2) is 10.9 Å². The summed E-state index contributed by atoms with van der Waals surface area (Å²) in [6, 6.07) is 0. The Hall–Kier alpha value is -1.00. The van der Waals surface area contributed by atoms with Gasteiger partial charge in [0.25, 0.3) is 0 Å². The highest BCUT2D eigenvalue weighted by Crippen LogP contribution is 2.23. The summed E-state index contributed by atoms with van der Waals surface area (Å²) in [6.07, 6.45) is 2.98. The molecular formula is C7H8Cl2N4. The molecule has 0 amide bonds. The van der Waals surface area contributed by atoms with Gasteiger partial charge in [-0.15, -0.1) is 0 Å². The van der Waals surface area contributed by atoms with Gasteiger partial charge >= 0.3 is 0 Å². The Morgan fingerprint density at radius 3 is 2.31 bits per heavy atom. The van der Waals surface area contributed by atoms with Crippen molar-refractivity contribution < 1.29 is 0 Å². The van der Waals surface area contributed by atoms with E-state index in [0.29, 0.717) is 15.6 Å². The van der Waals surface area contributed by atoms with Gasteiger partial charge in [-0.05, 0) is 0 Å². The van der Waals surface area contributed by atoms with Crippen LogP contribution in [0, 0.1) is 0 Å². The van der Waals surface area contributed by atoms with Gasteiger partial charge in [-0.1, -0.05) is 23.2 Å². The van der Waals surface area contributed by atoms with Gasteiger partial charge in [-0.25, -0.2) is 4.99 Å². The molecule has 0 radical (unpaired) electrons. The topological polar surface area (TPSA) is 77.3 Å². The molecule has 0 unspecified atom stereocenters. The molecule has 1 aromatic heterocycles. The third kappa shape index (κ3) is 2.75. The minimum atomic E-state index is 0.00365. The summed E-state index contributed by atoms with van der Waals surface area (Å²) in [7, 11) is 0. The zero-order chi connectivity index (χ0) is 9.84. The van der Waals surface area contributed by atoms with Crippen molar-refractivity contribution in [2.45, 2.75) is 6.54 Å². The quantitative estimate of drug-likeness (QED) is 0.578. The molecule has 0 spiro atoms. The molecule has 0 aliphatic rings. The van der Waals surface area contributed by atoms with Gasteiger partial charge in [-0.3, -0.25) is 4.98 Å². The van der Waals surface area contributed by atoms with E-state index < -0.39 is 0 Å². The van der Waals surface area contributed by atoms with Gasteiger partial charge < -0.3 is 11.5 Å². The third-order valence-electron chi connectivity index (χ3n) is 1.37. The SMILES string of the molecule is NC(N)=NCc1c(Cl)cncc1Cl. The van der Waals surface area contributed by atoms with Gasteiger partial charge in [0.1, 0.15) is 0 Å². The summed E-state index contributed by atoms with van der Waals surface area (Å²) in [6.45, 7) is 0.266. The lowest BCUT2D eigenvalue weighted by atomic mass is 10.3. The van der Waals surface area contributed by atoms with Crippen LogP contribution in [0.25, 0.3) is 0 Å². The van der Waals surface area contributed by atoms with Crippen LogP contribution in [-0.2, 0) is 6.54 Å². The van der Waals surface area contributed by atoms with Crippen LogP contribution in [0.2, 0.25) is 10.0 Å². The van der Waals surface area contributed by atoms with Crippen LogP contribution in [0.1, 0.15) is 5.56 Å². The van der Waals surface area contributed by atoms with E-state index >= 15 is 0 Å². The van der Waals surface area contributed by atoms with Crippen LogP contribution < -0.4 is 11.5 Å². The molecule has 0 saturated heterocycles. The molecule has 4 nitrogen and oxygen atoms in total. The van der Waals surface area contributed by atoms with E-state index in [1.807, 2.05) is 0 Å². The summed E-state index contributed by atoms with van der Waals surface area (Å²) < 4.78 is 0. The Kier molecular flexibility index (Phi) is 3.33. The Morgan fingerprint density at radius 2 is 1.85 bits per heavy atom. The second kappa shape index (κ2) is 4.30. The Morgan fingerprint density at radius 1 is 1.31 bits per heavy atom. The molecule has 13 heavy (non-hydrogen) atoms. The van der Waals surface area contributed by atoms with Gasteiger partial charge in [0.15, 0.2) is 5.96 Å². The molecule has 70 valence electrons. The number of rotatable bonds is 2. The summed E-state index contributed by atoms with van der Waals surface area (Å²) >= 11 is 11.6. The molecule has 0 bridgehead atoms. The highest BCUT2D eigenvalue weighted by atomic mass is 35.5. The fraction of sp³-hybridized carbons (Fsp3) is 0.143. The van der Waals surface area contributed by atoms with E-state index in [0.717, 1.165) is 0 Å². The van der Waals surface area contributed by atoms with Crippen molar-refractivity contribution in [2.24, 2.45) is 16.5 Å². The molecule has 0 aliphatic carbocycles. The lowest BCUT2D eigenvalue weighted by molar-refractivity contribution is 1.04.